The van der Waals surface area contributed by atoms with Gasteiger partial charge in [0.1, 0.15) is 11.5 Å². The average molecular weight is 489 g/mol. The van der Waals surface area contributed by atoms with Gasteiger partial charge in [0.25, 0.3) is 11.6 Å². The first kappa shape index (κ1) is 24.4. The lowest BCUT2D eigenvalue weighted by Gasteiger charge is -2.10. The van der Waals surface area contributed by atoms with Crippen LogP contribution in [0.3, 0.4) is 0 Å². The summed E-state index contributed by atoms with van der Waals surface area (Å²) in [5.74, 6) is -1.00. The highest BCUT2D eigenvalue weighted by molar-refractivity contribution is 7.89. The fourth-order valence-electron chi connectivity index (χ4n) is 2.74. The number of benzene rings is 2. The number of esters is 1. The zero-order valence-corrected chi connectivity index (χ0v) is 18.5. The van der Waals surface area contributed by atoms with Gasteiger partial charge in [0.05, 0.1) is 41.0 Å². The zero-order chi connectivity index (χ0) is 24.7. The minimum absolute atomic E-state index is 0.0192. The highest BCUT2D eigenvalue weighted by atomic mass is 32.2. The molecule has 1 aromatic heterocycles. The lowest BCUT2D eigenvalue weighted by molar-refractivity contribution is -0.384. The van der Waals surface area contributed by atoms with Crippen molar-refractivity contribution in [2.24, 2.45) is 0 Å². The number of methoxy groups -OCH3 is 1. The normalized spacial score (nSPS) is 11.0. The number of hydrogen-bond acceptors (Lipinski definition) is 9. The fourth-order valence-corrected chi connectivity index (χ4v) is 3.73. The Morgan fingerprint density at radius 3 is 2.47 bits per heavy atom. The van der Waals surface area contributed by atoms with E-state index in [-0.39, 0.29) is 34.1 Å². The molecule has 1 heterocycles. The van der Waals surface area contributed by atoms with E-state index in [1.165, 1.54) is 49.8 Å². The third kappa shape index (κ3) is 6.17. The van der Waals surface area contributed by atoms with Crippen LogP contribution in [-0.4, -0.2) is 38.9 Å². The van der Waals surface area contributed by atoms with Gasteiger partial charge in [-0.3, -0.25) is 14.9 Å². The average Bonchev–Trinajstić information content (AvgIpc) is 3.35. The number of nitrogens with zero attached hydrogens (tertiary/aromatic N) is 1. The molecule has 1 amide bonds. The second-order valence-electron chi connectivity index (χ2n) is 6.69. The molecule has 178 valence electrons. The number of carbonyl (C=O) groups is 2. The number of nitro groups is 1. The first-order chi connectivity index (χ1) is 16.2. The summed E-state index contributed by atoms with van der Waals surface area (Å²) in [6, 6.07) is 11.8. The Morgan fingerprint density at radius 1 is 1.12 bits per heavy atom. The maximum Gasteiger partial charge on any atom is 0.338 e. The molecule has 0 aliphatic rings. The van der Waals surface area contributed by atoms with Crippen LogP contribution in [0.4, 0.5) is 11.4 Å². The molecule has 0 aliphatic carbocycles. The van der Waals surface area contributed by atoms with Gasteiger partial charge in [-0.25, -0.2) is 17.9 Å². The van der Waals surface area contributed by atoms with Crippen molar-refractivity contribution in [1.29, 1.82) is 0 Å². The monoisotopic (exact) mass is 489 g/mol. The summed E-state index contributed by atoms with van der Waals surface area (Å²) in [4.78, 5) is 34.6. The SMILES string of the molecule is COc1ccc([N+](=O)[O-])cc1NC(=O)COC(=O)c1ccc(S(=O)(=O)NCc2ccco2)cc1. The topological polar surface area (TPSA) is 167 Å². The Labute approximate surface area is 193 Å². The van der Waals surface area contributed by atoms with E-state index in [1.54, 1.807) is 12.1 Å². The molecule has 3 aromatic rings. The van der Waals surface area contributed by atoms with Gasteiger partial charge in [0.15, 0.2) is 6.61 Å². The molecule has 0 saturated heterocycles. The summed E-state index contributed by atoms with van der Waals surface area (Å²) in [7, 11) is -2.51. The third-order valence-corrected chi connectivity index (χ3v) is 5.84. The van der Waals surface area contributed by atoms with Gasteiger partial charge < -0.3 is 19.2 Å². The van der Waals surface area contributed by atoms with Crippen molar-refractivity contribution in [3.05, 3.63) is 82.3 Å². The Kier molecular flexibility index (Phi) is 7.60. The number of amides is 1. The number of anilines is 1. The van der Waals surface area contributed by atoms with E-state index in [0.29, 0.717) is 5.76 Å². The molecule has 2 N–H and O–H groups in total. The molecule has 3 rings (SSSR count). The van der Waals surface area contributed by atoms with Crippen LogP contribution in [-0.2, 0) is 26.1 Å². The van der Waals surface area contributed by atoms with Crippen molar-refractivity contribution >= 4 is 33.3 Å². The number of hydrogen-bond donors (Lipinski definition) is 2. The van der Waals surface area contributed by atoms with Gasteiger partial charge in [-0.15, -0.1) is 0 Å². The van der Waals surface area contributed by atoms with Crippen molar-refractivity contribution in [1.82, 2.24) is 4.72 Å². The van der Waals surface area contributed by atoms with Crippen LogP contribution < -0.4 is 14.8 Å². The van der Waals surface area contributed by atoms with E-state index in [2.05, 4.69) is 10.0 Å². The first-order valence-electron chi connectivity index (χ1n) is 9.61. The molecule has 0 radical (unpaired) electrons. The maximum atomic E-state index is 12.3. The number of rotatable bonds is 10. The highest BCUT2D eigenvalue weighted by Crippen LogP contribution is 2.28. The van der Waals surface area contributed by atoms with Crippen molar-refractivity contribution in [3.8, 4) is 5.75 Å². The molecular weight excluding hydrogens is 470 g/mol. The Balaban J connectivity index is 1.57. The summed E-state index contributed by atoms with van der Waals surface area (Å²) >= 11 is 0. The number of nitrogens with one attached hydrogen (secondary N) is 2. The molecule has 13 heteroatoms. The number of carbonyl (C=O) groups excluding carboxylic acids is 2. The predicted molar refractivity (Wildman–Crippen MR) is 118 cm³/mol. The predicted octanol–water partition coefficient (Wildman–Crippen LogP) is 2.47. The lowest BCUT2D eigenvalue weighted by Crippen LogP contribution is -2.23. The number of ether oxygens (including phenoxy) is 2. The summed E-state index contributed by atoms with van der Waals surface area (Å²) in [5, 5.41) is 13.3. The van der Waals surface area contributed by atoms with Crippen LogP contribution in [0.1, 0.15) is 16.1 Å². The van der Waals surface area contributed by atoms with Crippen molar-refractivity contribution < 1.29 is 36.8 Å². The van der Waals surface area contributed by atoms with E-state index in [0.717, 1.165) is 6.07 Å². The van der Waals surface area contributed by atoms with Crippen LogP contribution in [0.5, 0.6) is 5.75 Å². The molecule has 0 atom stereocenters. The van der Waals surface area contributed by atoms with Crippen molar-refractivity contribution in [2.45, 2.75) is 11.4 Å². The fraction of sp³-hybridized carbons (Fsp3) is 0.143. The number of furan rings is 1. The smallest absolute Gasteiger partial charge is 0.338 e. The molecule has 34 heavy (non-hydrogen) atoms. The second-order valence-corrected chi connectivity index (χ2v) is 8.46. The zero-order valence-electron chi connectivity index (χ0n) is 17.7. The molecule has 0 unspecified atom stereocenters. The van der Waals surface area contributed by atoms with Gasteiger partial charge in [0, 0.05) is 12.1 Å². The van der Waals surface area contributed by atoms with Gasteiger partial charge in [-0.2, -0.15) is 0 Å². The largest absolute Gasteiger partial charge is 0.495 e. The Bertz CT molecular complexity index is 1290. The van der Waals surface area contributed by atoms with E-state index in [1.807, 2.05) is 0 Å². The molecule has 0 saturated carbocycles. The van der Waals surface area contributed by atoms with Crippen LogP contribution in [0.25, 0.3) is 0 Å². The van der Waals surface area contributed by atoms with Crippen LogP contribution >= 0.6 is 0 Å². The number of nitro benzene ring substituents is 1. The second kappa shape index (κ2) is 10.6. The lowest BCUT2D eigenvalue weighted by atomic mass is 10.2. The molecule has 0 fully saturated rings. The highest BCUT2D eigenvalue weighted by Gasteiger charge is 2.18. The van der Waals surface area contributed by atoms with Crippen LogP contribution in [0.15, 0.2) is 70.2 Å². The molecular formula is C21H19N3O9S. The van der Waals surface area contributed by atoms with E-state index in [9.17, 15) is 28.1 Å². The van der Waals surface area contributed by atoms with Gasteiger partial charge >= 0.3 is 5.97 Å². The standard InChI is InChI=1S/C21H19N3O9S/c1-31-19-9-6-15(24(27)28)11-18(19)23-20(25)13-33-21(26)14-4-7-17(8-5-14)34(29,30)22-12-16-3-2-10-32-16/h2-11,22H,12-13H2,1H3,(H,23,25). The summed E-state index contributed by atoms with van der Waals surface area (Å²) in [5.41, 5.74) is -0.207. The van der Waals surface area contributed by atoms with Gasteiger partial charge in [-0.05, 0) is 42.5 Å². The third-order valence-electron chi connectivity index (χ3n) is 4.42. The van der Waals surface area contributed by atoms with Gasteiger partial charge in [-0.1, -0.05) is 0 Å². The van der Waals surface area contributed by atoms with E-state index >= 15 is 0 Å². The first-order valence-corrected chi connectivity index (χ1v) is 11.1. The summed E-state index contributed by atoms with van der Waals surface area (Å²) in [6.45, 7) is -0.723. The van der Waals surface area contributed by atoms with E-state index in [4.69, 9.17) is 13.9 Å². The molecule has 2 aromatic carbocycles. The van der Waals surface area contributed by atoms with Crippen LogP contribution in [0.2, 0.25) is 0 Å². The summed E-state index contributed by atoms with van der Waals surface area (Å²) < 4.78 is 42.1. The maximum absolute atomic E-state index is 12.3. The Hall–Kier alpha value is -4.23. The summed E-state index contributed by atoms with van der Waals surface area (Å²) in [6.07, 6.45) is 1.42. The van der Waals surface area contributed by atoms with Crippen molar-refractivity contribution in [3.63, 3.8) is 0 Å². The molecule has 0 aliphatic heterocycles. The minimum atomic E-state index is -3.84. The Morgan fingerprint density at radius 2 is 1.85 bits per heavy atom. The molecule has 12 nitrogen and oxygen atoms in total. The van der Waals surface area contributed by atoms with Crippen molar-refractivity contribution in [2.75, 3.05) is 19.0 Å². The minimum Gasteiger partial charge on any atom is -0.495 e. The number of sulfonamides is 1. The van der Waals surface area contributed by atoms with E-state index < -0.39 is 33.4 Å². The van der Waals surface area contributed by atoms with Crippen LogP contribution in [0, 0.1) is 10.1 Å². The molecule has 0 spiro atoms. The van der Waals surface area contributed by atoms with Gasteiger partial charge in [0.2, 0.25) is 10.0 Å². The molecule has 0 bridgehead atoms. The quantitative estimate of drug-likeness (QED) is 0.247. The number of non-ortho nitro benzene ring substituents is 1.